The molecule has 1 saturated carbocycles. The van der Waals surface area contributed by atoms with Crippen molar-refractivity contribution in [2.24, 2.45) is 5.92 Å². The molecule has 0 saturated heterocycles. The zero-order valence-electron chi connectivity index (χ0n) is 9.39. The Morgan fingerprint density at radius 2 is 2.29 bits per heavy atom. The molecule has 0 aromatic rings. The van der Waals surface area contributed by atoms with Gasteiger partial charge < -0.3 is 5.32 Å². The molecule has 1 N–H and O–H groups in total. The maximum absolute atomic E-state index is 3.65. The number of hydrogen-bond acceptors (Lipinski definition) is 1. The van der Waals surface area contributed by atoms with Gasteiger partial charge in [0.1, 0.15) is 0 Å². The Labute approximate surface area is 88.0 Å². The average molecular weight is 193 g/mol. The number of allylic oxidation sites excluding steroid dienone is 1. The van der Waals surface area contributed by atoms with Crippen LogP contribution in [0.3, 0.4) is 0 Å². The highest BCUT2D eigenvalue weighted by Crippen LogP contribution is 2.32. The van der Waals surface area contributed by atoms with Crippen molar-refractivity contribution in [2.75, 3.05) is 6.54 Å². The van der Waals surface area contributed by atoms with Crippen molar-refractivity contribution in [1.82, 2.24) is 5.32 Å². The summed E-state index contributed by atoms with van der Waals surface area (Å²) in [5.74, 6) is 0.996. The minimum atomic E-state index is 0.763. The van der Waals surface area contributed by atoms with Crippen molar-refractivity contribution in [2.45, 2.75) is 57.9 Å². The summed E-state index contributed by atoms with van der Waals surface area (Å²) in [6.07, 6.45) is 12.2. The summed E-state index contributed by atoms with van der Waals surface area (Å²) in [5.41, 5.74) is 1.70. The van der Waals surface area contributed by atoms with E-state index in [0.717, 1.165) is 12.0 Å². The van der Waals surface area contributed by atoms with Crippen LogP contribution in [-0.4, -0.2) is 12.6 Å². The first-order chi connectivity index (χ1) is 6.86. The molecule has 0 aromatic heterocycles. The van der Waals surface area contributed by atoms with Crippen LogP contribution in [0, 0.1) is 5.92 Å². The maximum Gasteiger partial charge on any atom is 0.00671 e. The van der Waals surface area contributed by atoms with Gasteiger partial charge in [0.05, 0.1) is 0 Å². The molecule has 1 atom stereocenters. The van der Waals surface area contributed by atoms with Gasteiger partial charge in [0, 0.05) is 6.04 Å². The van der Waals surface area contributed by atoms with Crippen LogP contribution in [0.2, 0.25) is 0 Å². The fourth-order valence-corrected chi connectivity index (χ4v) is 2.35. The molecule has 1 fully saturated rings. The van der Waals surface area contributed by atoms with Gasteiger partial charge >= 0.3 is 0 Å². The van der Waals surface area contributed by atoms with E-state index in [4.69, 9.17) is 0 Å². The molecule has 2 rings (SSSR count). The quantitative estimate of drug-likeness (QED) is 0.661. The average Bonchev–Trinajstić information content (AvgIpc) is 3.02. The van der Waals surface area contributed by atoms with Crippen LogP contribution in [0.1, 0.15) is 51.9 Å². The zero-order chi connectivity index (χ0) is 9.80. The molecule has 0 amide bonds. The fourth-order valence-electron chi connectivity index (χ4n) is 2.35. The van der Waals surface area contributed by atoms with E-state index in [-0.39, 0.29) is 0 Å². The third kappa shape index (κ3) is 3.13. The van der Waals surface area contributed by atoms with Crippen molar-refractivity contribution in [3.05, 3.63) is 11.6 Å². The summed E-state index contributed by atoms with van der Waals surface area (Å²) in [7, 11) is 0. The minimum Gasteiger partial charge on any atom is -0.314 e. The van der Waals surface area contributed by atoms with E-state index in [2.05, 4.69) is 18.3 Å². The van der Waals surface area contributed by atoms with E-state index < -0.39 is 0 Å². The Hall–Kier alpha value is -0.300. The summed E-state index contributed by atoms with van der Waals surface area (Å²) < 4.78 is 0. The third-order valence-corrected chi connectivity index (χ3v) is 3.63. The molecule has 14 heavy (non-hydrogen) atoms. The standard InChI is InChI=1S/C13H23N/c1-11(13-7-8-13)14-10-9-12-5-3-2-4-6-12/h5,11,13-14H,2-4,6-10H2,1H3. The minimum absolute atomic E-state index is 0.763. The zero-order valence-corrected chi connectivity index (χ0v) is 9.39. The van der Waals surface area contributed by atoms with Gasteiger partial charge in [-0.2, -0.15) is 0 Å². The monoisotopic (exact) mass is 193 g/mol. The third-order valence-electron chi connectivity index (χ3n) is 3.63. The molecule has 0 bridgehead atoms. The van der Waals surface area contributed by atoms with Gasteiger partial charge in [0.15, 0.2) is 0 Å². The SMILES string of the molecule is CC(NCCC1=CCCCC1)C1CC1. The second kappa shape index (κ2) is 4.97. The van der Waals surface area contributed by atoms with Crippen LogP contribution < -0.4 is 5.32 Å². The molecule has 0 radical (unpaired) electrons. The summed E-state index contributed by atoms with van der Waals surface area (Å²) in [6, 6.07) is 0.763. The Bertz CT molecular complexity index is 203. The maximum atomic E-state index is 3.65. The van der Waals surface area contributed by atoms with Gasteiger partial charge in [-0.25, -0.2) is 0 Å². The molecule has 0 heterocycles. The highest BCUT2D eigenvalue weighted by Gasteiger charge is 2.27. The number of hydrogen-bond donors (Lipinski definition) is 1. The lowest BCUT2D eigenvalue weighted by Crippen LogP contribution is -2.29. The van der Waals surface area contributed by atoms with Gasteiger partial charge in [-0.05, 0) is 64.3 Å². The Kier molecular flexibility index (Phi) is 3.63. The molecule has 2 aliphatic rings. The first kappa shape index (κ1) is 10.2. The molecule has 2 aliphatic carbocycles. The van der Waals surface area contributed by atoms with Crippen molar-refractivity contribution in [1.29, 1.82) is 0 Å². The van der Waals surface area contributed by atoms with E-state index >= 15 is 0 Å². The fraction of sp³-hybridized carbons (Fsp3) is 0.846. The van der Waals surface area contributed by atoms with Crippen molar-refractivity contribution < 1.29 is 0 Å². The Morgan fingerprint density at radius 3 is 2.93 bits per heavy atom. The number of nitrogens with one attached hydrogen (secondary N) is 1. The predicted octanol–water partition coefficient (Wildman–Crippen LogP) is 3.27. The molecule has 0 aromatic carbocycles. The summed E-state index contributed by atoms with van der Waals surface area (Å²) in [5, 5.41) is 3.65. The molecule has 80 valence electrons. The first-order valence-corrected chi connectivity index (χ1v) is 6.27. The van der Waals surface area contributed by atoms with Gasteiger partial charge in [-0.3, -0.25) is 0 Å². The van der Waals surface area contributed by atoms with Crippen molar-refractivity contribution in [3.63, 3.8) is 0 Å². The molecule has 0 aliphatic heterocycles. The van der Waals surface area contributed by atoms with Gasteiger partial charge in [0.2, 0.25) is 0 Å². The Morgan fingerprint density at radius 1 is 1.43 bits per heavy atom. The lowest BCUT2D eigenvalue weighted by molar-refractivity contribution is 0.495. The second-order valence-corrected chi connectivity index (χ2v) is 4.94. The van der Waals surface area contributed by atoms with Crippen LogP contribution in [-0.2, 0) is 0 Å². The highest BCUT2D eigenvalue weighted by molar-refractivity contribution is 5.05. The van der Waals surface area contributed by atoms with Crippen LogP contribution in [0.15, 0.2) is 11.6 Å². The largest absolute Gasteiger partial charge is 0.314 e. The number of rotatable bonds is 5. The van der Waals surface area contributed by atoms with Crippen molar-refractivity contribution in [3.8, 4) is 0 Å². The second-order valence-electron chi connectivity index (χ2n) is 4.94. The van der Waals surface area contributed by atoms with Crippen LogP contribution in [0.5, 0.6) is 0 Å². The van der Waals surface area contributed by atoms with Crippen LogP contribution in [0.4, 0.5) is 0 Å². The lowest BCUT2D eigenvalue weighted by atomic mass is 9.97. The van der Waals surface area contributed by atoms with Crippen LogP contribution in [0.25, 0.3) is 0 Å². The summed E-state index contributed by atoms with van der Waals surface area (Å²) in [6.45, 7) is 3.54. The molecular formula is C13H23N. The molecule has 0 spiro atoms. The highest BCUT2D eigenvalue weighted by atomic mass is 14.9. The van der Waals surface area contributed by atoms with Crippen molar-refractivity contribution >= 4 is 0 Å². The predicted molar refractivity (Wildman–Crippen MR) is 61.4 cm³/mol. The molecule has 1 unspecified atom stereocenters. The van der Waals surface area contributed by atoms with E-state index in [1.165, 1.54) is 51.5 Å². The van der Waals surface area contributed by atoms with Gasteiger partial charge in [-0.1, -0.05) is 11.6 Å². The summed E-state index contributed by atoms with van der Waals surface area (Å²) >= 11 is 0. The normalized spacial score (nSPS) is 24.5. The van der Waals surface area contributed by atoms with Gasteiger partial charge in [-0.15, -0.1) is 0 Å². The van der Waals surface area contributed by atoms with E-state index in [0.29, 0.717) is 0 Å². The molecular weight excluding hydrogens is 170 g/mol. The summed E-state index contributed by atoms with van der Waals surface area (Å²) in [4.78, 5) is 0. The Balaban J connectivity index is 1.59. The first-order valence-electron chi connectivity index (χ1n) is 6.27. The molecule has 1 nitrogen and oxygen atoms in total. The van der Waals surface area contributed by atoms with E-state index in [9.17, 15) is 0 Å². The van der Waals surface area contributed by atoms with Crippen LogP contribution >= 0.6 is 0 Å². The smallest absolute Gasteiger partial charge is 0.00671 e. The molecule has 1 heteroatoms. The topological polar surface area (TPSA) is 12.0 Å². The van der Waals surface area contributed by atoms with E-state index in [1.807, 2.05) is 0 Å². The lowest BCUT2D eigenvalue weighted by Gasteiger charge is -2.16. The van der Waals surface area contributed by atoms with E-state index in [1.54, 1.807) is 5.57 Å². The van der Waals surface area contributed by atoms with Gasteiger partial charge in [0.25, 0.3) is 0 Å².